The molecule has 0 atom stereocenters. The van der Waals surface area contributed by atoms with E-state index in [4.69, 9.17) is 23.8 Å². The Morgan fingerprint density at radius 1 is 1.08 bits per heavy atom. The van der Waals surface area contributed by atoms with Gasteiger partial charge >= 0.3 is 0 Å². The molecule has 0 aliphatic carbocycles. The standard InChI is InChI=1S/C18H20ClN3OS/c1-11-7-8-14(9-12(11)2)21-18(24)20-10-17(23)22-16-6-4-5-15(19)13(16)3/h4-9H,10H2,1-3H3,(H,22,23)(H2,20,21,24). The molecule has 0 radical (unpaired) electrons. The molecule has 24 heavy (non-hydrogen) atoms. The summed E-state index contributed by atoms with van der Waals surface area (Å²) in [7, 11) is 0. The lowest BCUT2D eigenvalue weighted by molar-refractivity contribution is -0.115. The van der Waals surface area contributed by atoms with Crippen LogP contribution in [-0.4, -0.2) is 17.6 Å². The van der Waals surface area contributed by atoms with E-state index >= 15 is 0 Å². The van der Waals surface area contributed by atoms with Gasteiger partial charge in [0.15, 0.2) is 5.11 Å². The first-order chi connectivity index (χ1) is 11.4. The monoisotopic (exact) mass is 361 g/mol. The van der Waals surface area contributed by atoms with Crippen LogP contribution in [-0.2, 0) is 4.79 Å². The summed E-state index contributed by atoms with van der Waals surface area (Å²) in [6.07, 6.45) is 0. The number of halogens is 1. The van der Waals surface area contributed by atoms with Gasteiger partial charge in [0.05, 0.1) is 6.54 Å². The first-order valence-electron chi connectivity index (χ1n) is 7.54. The first-order valence-corrected chi connectivity index (χ1v) is 8.32. The molecule has 0 saturated heterocycles. The molecule has 0 unspecified atom stereocenters. The van der Waals surface area contributed by atoms with Crippen LogP contribution in [0.25, 0.3) is 0 Å². The lowest BCUT2D eigenvalue weighted by Gasteiger charge is -2.13. The molecule has 2 rings (SSSR count). The number of carbonyl (C=O) groups excluding carboxylic acids is 1. The van der Waals surface area contributed by atoms with Crippen LogP contribution in [0.2, 0.25) is 5.02 Å². The van der Waals surface area contributed by atoms with Gasteiger partial charge in [0.25, 0.3) is 0 Å². The first kappa shape index (κ1) is 18.2. The molecule has 0 bridgehead atoms. The highest BCUT2D eigenvalue weighted by atomic mass is 35.5. The number of aryl methyl sites for hydroxylation is 2. The van der Waals surface area contributed by atoms with Crippen molar-refractivity contribution in [1.29, 1.82) is 0 Å². The molecule has 0 heterocycles. The summed E-state index contributed by atoms with van der Waals surface area (Å²) >= 11 is 11.3. The van der Waals surface area contributed by atoms with Crippen molar-refractivity contribution in [2.75, 3.05) is 17.2 Å². The number of thiocarbonyl (C=S) groups is 1. The lowest BCUT2D eigenvalue weighted by atomic mass is 10.1. The Kier molecular flexibility index (Phi) is 6.17. The number of anilines is 2. The second-order valence-corrected chi connectivity index (χ2v) is 6.38. The molecular formula is C18H20ClN3OS. The summed E-state index contributed by atoms with van der Waals surface area (Å²) in [5.74, 6) is -0.190. The molecule has 4 nitrogen and oxygen atoms in total. The zero-order chi connectivity index (χ0) is 17.7. The van der Waals surface area contributed by atoms with Crippen molar-refractivity contribution < 1.29 is 4.79 Å². The van der Waals surface area contributed by atoms with Crippen molar-refractivity contribution in [2.24, 2.45) is 0 Å². The normalized spacial score (nSPS) is 10.2. The number of hydrogen-bond donors (Lipinski definition) is 3. The van der Waals surface area contributed by atoms with E-state index in [2.05, 4.69) is 22.9 Å². The number of carbonyl (C=O) groups is 1. The predicted molar refractivity (Wildman–Crippen MR) is 105 cm³/mol. The fraction of sp³-hybridized carbons (Fsp3) is 0.222. The lowest BCUT2D eigenvalue weighted by Crippen LogP contribution is -2.35. The van der Waals surface area contributed by atoms with Gasteiger partial charge < -0.3 is 16.0 Å². The van der Waals surface area contributed by atoms with Gasteiger partial charge in [-0.15, -0.1) is 0 Å². The summed E-state index contributed by atoms with van der Waals surface area (Å²) in [5.41, 5.74) is 4.82. The summed E-state index contributed by atoms with van der Waals surface area (Å²) in [5, 5.41) is 9.79. The molecular weight excluding hydrogens is 342 g/mol. The van der Waals surface area contributed by atoms with Crippen molar-refractivity contribution >= 4 is 46.2 Å². The molecule has 0 aliphatic heterocycles. The second kappa shape index (κ2) is 8.13. The van der Waals surface area contributed by atoms with Crippen molar-refractivity contribution in [3.63, 3.8) is 0 Å². The fourth-order valence-corrected chi connectivity index (χ4v) is 2.46. The molecule has 2 aromatic carbocycles. The molecule has 0 aliphatic rings. The number of amides is 1. The fourth-order valence-electron chi connectivity index (χ4n) is 2.09. The van der Waals surface area contributed by atoms with Gasteiger partial charge in [0, 0.05) is 16.4 Å². The van der Waals surface area contributed by atoms with Gasteiger partial charge in [-0.05, 0) is 73.9 Å². The molecule has 0 fully saturated rings. The maximum absolute atomic E-state index is 12.0. The Hall–Kier alpha value is -2.11. The van der Waals surface area contributed by atoms with E-state index in [0.717, 1.165) is 11.3 Å². The summed E-state index contributed by atoms with van der Waals surface area (Å²) in [6.45, 7) is 6.02. The Balaban J connectivity index is 1.86. The molecule has 0 saturated carbocycles. The minimum atomic E-state index is -0.190. The average Bonchev–Trinajstić information content (AvgIpc) is 2.53. The molecule has 6 heteroatoms. The molecule has 0 aromatic heterocycles. The minimum absolute atomic E-state index is 0.0721. The van der Waals surface area contributed by atoms with E-state index in [1.165, 1.54) is 11.1 Å². The number of benzene rings is 2. The van der Waals surface area contributed by atoms with Crippen LogP contribution in [0.1, 0.15) is 16.7 Å². The van der Waals surface area contributed by atoms with E-state index in [0.29, 0.717) is 15.8 Å². The highest BCUT2D eigenvalue weighted by Crippen LogP contribution is 2.22. The number of nitrogens with one attached hydrogen (secondary N) is 3. The minimum Gasteiger partial charge on any atom is -0.353 e. The van der Waals surface area contributed by atoms with Gasteiger partial charge in [-0.3, -0.25) is 4.79 Å². The quantitative estimate of drug-likeness (QED) is 0.715. The van der Waals surface area contributed by atoms with Crippen LogP contribution in [0.15, 0.2) is 36.4 Å². The topological polar surface area (TPSA) is 53.2 Å². The number of rotatable bonds is 4. The van der Waals surface area contributed by atoms with Gasteiger partial charge in [-0.25, -0.2) is 0 Å². The molecule has 2 aromatic rings. The molecule has 0 spiro atoms. The predicted octanol–water partition coefficient (Wildman–Crippen LogP) is 4.19. The van der Waals surface area contributed by atoms with E-state index in [-0.39, 0.29) is 12.5 Å². The average molecular weight is 362 g/mol. The summed E-state index contributed by atoms with van der Waals surface area (Å²) in [4.78, 5) is 12.0. The van der Waals surface area contributed by atoms with Crippen molar-refractivity contribution in [3.05, 3.63) is 58.1 Å². The SMILES string of the molecule is Cc1ccc(NC(=S)NCC(=O)Nc2cccc(Cl)c2C)cc1C. The summed E-state index contributed by atoms with van der Waals surface area (Å²) in [6, 6.07) is 11.4. The van der Waals surface area contributed by atoms with Crippen LogP contribution in [0.3, 0.4) is 0 Å². The van der Waals surface area contributed by atoms with Gasteiger partial charge in [-0.1, -0.05) is 23.7 Å². The van der Waals surface area contributed by atoms with Crippen molar-refractivity contribution in [3.8, 4) is 0 Å². The number of hydrogen-bond acceptors (Lipinski definition) is 2. The maximum Gasteiger partial charge on any atom is 0.243 e. The van der Waals surface area contributed by atoms with Crippen molar-refractivity contribution in [1.82, 2.24) is 5.32 Å². The van der Waals surface area contributed by atoms with Crippen LogP contribution >= 0.6 is 23.8 Å². The van der Waals surface area contributed by atoms with Crippen molar-refractivity contribution in [2.45, 2.75) is 20.8 Å². The Labute approximate surface area is 152 Å². The van der Waals surface area contributed by atoms with Gasteiger partial charge in [0.1, 0.15) is 0 Å². The summed E-state index contributed by atoms with van der Waals surface area (Å²) < 4.78 is 0. The Morgan fingerprint density at radius 2 is 1.83 bits per heavy atom. The van der Waals surface area contributed by atoms with E-state index in [1.54, 1.807) is 12.1 Å². The Bertz CT molecular complexity index is 777. The zero-order valence-electron chi connectivity index (χ0n) is 13.9. The van der Waals surface area contributed by atoms with E-state index in [1.807, 2.05) is 38.1 Å². The highest BCUT2D eigenvalue weighted by Gasteiger charge is 2.07. The molecule has 3 N–H and O–H groups in total. The zero-order valence-corrected chi connectivity index (χ0v) is 15.4. The van der Waals surface area contributed by atoms with E-state index in [9.17, 15) is 4.79 Å². The smallest absolute Gasteiger partial charge is 0.243 e. The molecule has 126 valence electrons. The largest absolute Gasteiger partial charge is 0.353 e. The van der Waals surface area contributed by atoms with Gasteiger partial charge in [-0.2, -0.15) is 0 Å². The van der Waals surface area contributed by atoms with Crippen LogP contribution < -0.4 is 16.0 Å². The Morgan fingerprint density at radius 3 is 2.54 bits per heavy atom. The van der Waals surface area contributed by atoms with Gasteiger partial charge in [0.2, 0.25) is 5.91 Å². The van der Waals surface area contributed by atoms with Crippen LogP contribution in [0.4, 0.5) is 11.4 Å². The maximum atomic E-state index is 12.0. The van der Waals surface area contributed by atoms with Crippen LogP contribution in [0.5, 0.6) is 0 Å². The van der Waals surface area contributed by atoms with Crippen LogP contribution in [0, 0.1) is 20.8 Å². The third-order valence-electron chi connectivity index (χ3n) is 3.72. The second-order valence-electron chi connectivity index (χ2n) is 5.57. The third kappa shape index (κ3) is 4.94. The third-order valence-corrected chi connectivity index (χ3v) is 4.37. The van der Waals surface area contributed by atoms with E-state index < -0.39 is 0 Å². The molecule has 1 amide bonds. The highest BCUT2D eigenvalue weighted by molar-refractivity contribution is 7.80.